The maximum atomic E-state index is 9.80. The van der Waals surface area contributed by atoms with E-state index in [9.17, 15) is 5.11 Å². The van der Waals surface area contributed by atoms with Crippen LogP contribution in [0.4, 0.5) is 0 Å². The third-order valence-electron chi connectivity index (χ3n) is 2.78. The van der Waals surface area contributed by atoms with Gasteiger partial charge < -0.3 is 5.11 Å². The molecular weight excluding hydrogens is 210 g/mol. The first kappa shape index (κ1) is 12.5. The molecule has 1 saturated heterocycles. The van der Waals surface area contributed by atoms with Crippen LogP contribution < -0.4 is 0 Å². The minimum absolute atomic E-state index is 0. The largest absolute Gasteiger partial charge is 0.389 e. The molecule has 0 bridgehead atoms. The van der Waals surface area contributed by atoms with Gasteiger partial charge in [0.05, 0.1) is 5.60 Å². The third-order valence-corrected chi connectivity index (χ3v) is 2.78. The molecule has 0 saturated carbocycles. The van der Waals surface area contributed by atoms with Crippen LogP contribution in [0, 0.1) is 0 Å². The fourth-order valence-electron chi connectivity index (χ4n) is 2.02. The first-order valence-corrected chi connectivity index (χ1v) is 5.14. The summed E-state index contributed by atoms with van der Waals surface area (Å²) in [5.74, 6) is 0. The molecule has 1 aromatic carbocycles. The summed E-state index contributed by atoms with van der Waals surface area (Å²) in [7, 11) is 0. The van der Waals surface area contributed by atoms with E-state index < -0.39 is 5.60 Å². The lowest BCUT2D eigenvalue weighted by molar-refractivity contribution is 0.0679. The van der Waals surface area contributed by atoms with Crippen LogP contribution in [0.2, 0.25) is 0 Å². The Bertz CT molecular complexity index is 300. The van der Waals surface area contributed by atoms with E-state index in [1.165, 1.54) is 5.56 Å². The quantitative estimate of drug-likeness (QED) is 0.836. The van der Waals surface area contributed by atoms with Crippen molar-refractivity contribution >= 4 is 12.4 Å². The van der Waals surface area contributed by atoms with Crippen LogP contribution in [-0.2, 0) is 6.54 Å². The average molecular weight is 228 g/mol. The van der Waals surface area contributed by atoms with Gasteiger partial charge in [-0.1, -0.05) is 30.3 Å². The van der Waals surface area contributed by atoms with Gasteiger partial charge in [0.1, 0.15) is 0 Å². The zero-order valence-electron chi connectivity index (χ0n) is 9.02. The number of likely N-dealkylation sites (tertiary alicyclic amines) is 1. The van der Waals surface area contributed by atoms with Gasteiger partial charge in [-0.25, -0.2) is 0 Å². The number of aliphatic hydroxyl groups is 1. The van der Waals surface area contributed by atoms with Gasteiger partial charge in [-0.2, -0.15) is 0 Å². The molecule has 1 aliphatic rings. The fourth-order valence-corrected chi connectivity index (χ4v) is 2.02. The summed E-state index contributed by atoms with van der Waals surface area (Å²) in [4.78, 5) is 2.30. The van der Waals surface area contributed by atoms with Crippen molar-refractivity contribution in [1.82, 2.24) is 4.90 Å². The van der Waals surface area contributed by atoms with Crippen LogP contribution in [-0.4, -0.2) is 28.7 Å². The number of hydrogen-bond donors (Lipinski definition) is 1. The molecule has 1 fully saturated rings. The van der Waals surface area contributed by atoms with E-state index in [1.54, 1.807) is 0 Å². The van der Waals surface area contributed by atoms with Gasteiger partial charge in [0.15, 0.2) is 0 Å². The van der Waals surface area contributed by atoms with E-state index >= 15 is 0 Å². The number of halogens is 1. The van der Waals surface area contributed by atoms with E-state index in [0.29, 0.717) is 0 Å². The van der Waals surface area contributed by atoms with Crippen molar-refractivity contribution in [2.75, 3.05) is 13.1 Å². The molecule has 2 nitrogen and oxygen atoms in total. The Labute approximate surface area is 97.3 Å². The second-order valence-corrected chi connectivity index (χ2v) is 4.44. The SMILES string of the molecule is CC1(O)CCN(Cc2ccccc2)C1.Cl. The highest BCUT2D eigenvalue weighted by Crippen LogP contribution is 2.21. The van der Waals surface area contributed by atoms with Crippen molar-refractivity contribution in [3.8, 4) is 0 Å². The number of benzene rings is 1. The second-order valence-electron chi connectivity index (χ2n) is 4.44. The maximum Gasteiger partial charge on any atom is 0.0758 e. The second kappa shape index (κ2) is 4.97. The van der Waals surface area contributed by atoms with Crippen LogP contribution in [0.3, 0.4) is 0 Å². The highest BCUT2D eigenvalue weighted by Gasteiger charge is 2.30. The molecule has 1 aliphatic heterocycles. The molecule has 0 radical (unpaired) electrons. The molecule has 0 amide bonds. The number of nitrogens with zero attached hydrogens (tertiary/aromatic N) is 1. The van der Waals surface area contributed by atoms with Crippen LogP contribution >= 0.6 is 12.4 Å². The molecule has 0 aromatic heterocycles. The van der Waals surface area contributed by atoms with Crippen LogP contribution in [0.1, 0.15) is 18.9 Å². The number of β-amino-alcohol motifs (C(OH)–C–C–N with tert-alkyl or cyclic N) is 1. The summed E-state index contributed by atoms with van der Waals surface area (Å²) in [5.41, 5.74) is 0.847. The summed E-state index contributed by atoms with van der Waals surface area (Å²) in [6.45, 7) is 4.67. The Balaban J connectivity index is 0.00000112. The van der Waals surface area contributed by atoms with Crippen molar-refractivity contribution in [3.63, 3.8) is 0 Å². The molecule has 3 heteroatoms. The molecular formula is C12H18ClNO. The molecule has 2 rings (SSSR count). The van der Waals surface area contributed by atoms with E-state index in [1.807, 2.05) is 13.0 Å². The van der Waals surface area contributed by atoms with E-state index in [0.717, 1.165) is 26.1 Å². The lowest BCUT2D eigenvalue weighted by Crippen LogP contribution is -2.29. The van der Waals surface area contributed by atoms with E-state index in [2.05, 4.69) is 29.2 Å². The molecule has 1 atom stereocenters. The first-order valence-electron chi connectivity index (χ1n) is 5.14. The number of rotatable bonds is 2. The molecule has 1 heterocycles. The summed E-state index contributed by atoms with van der Waals surface area (Å²) >= 11 is 0. The fraction of sp³-hybridized carbons (Fsp3) is 0.500. The molecule has 15 heavy (non-hydrogen) atoms. The van der Waals surface area contributed by atoms with Gasteiger partial charge in [-0.15, -0.1) is 12.4 Å². The van der Waals surface area contributed by atoms with Crippen LogP contribution in [0.5, 0.6) is 0 Å². The monoisotopic (exact) mass is 227 g/mol. The van der Waals surface area contributed by atoms with Gasteiger partial charge in [-0.05, 0) is 18.9 Å². The summed E-state index contributed by atoms with van der Waals surface area (Å²) in [6.07, 6.45) is 0.889. The van der Waals surface area contributed by atoms with Crippen molar-refractivity contribution < 1.29 is 5.11 Å². The molecule has 1 unspecified atom stereocenters. The lowest BCUT2D eigenvalue weighted by atomic mass is 10.1. The van der Waals surface area contributed by atoms with E-state index in [-0.39, 0.29) is 12.4 Å². The highest BCUT2D eigenvalue weighted by molar-refractivity contribution is 5.85. The zero-order valence-corrected chi connectivity index (χ0v) is 9.83. The topological polar surface area (TPSA) is 23.5 Å². The van der Waals surface area contributed by atoms with Crippen LogP contribution in [0.15, 0.2) is 30.3 Å². The summed E-state index contributed by atoms with van der Waals surface area (Å²) in [6, 6.07) is 10.4. The molecule has 1 N–H and O–H groups in total. The predicted molar refractivity (Wildman–Crippen MR) is 64.2 cm³/mol. The zero-order chi connectivity index (χ0) is 10.0. The molecule has 0 spiro atoms. The normalized spacial score (nSPS) is 26.3. The highest BCUT2D eigenvalue weighted by atomic mass is 35.5. The smallest absolute Gasteiger partial charge is 0.0758 e. The Kier molecular flexibility index (Phi) is 4.14. The minimum Gasteiger partial charge on any atom is -0.389 e. The van der Waals surface area contributed by atoms with Crippen molar-refractivity contribution in [3.05, 3.63) is 35.9 Å². The van der Waals surface area contributed by atoms with Gasteiger partial charge in [-0.3, -0.25) is 4.90 Å². The number of hydrogen-bond acceptors (Lipinski definition) is 2. The third kappa shape index (κ3) is 3.49. The lowest BCUT2D eigenvalue weighted by Gasteiger charge is -2.18. The Hall–Kier alpha value is -0.570. The molecule has 1 aromatic rings. The predicted octanol–water partition coefficient (Wildman–Crippen LogP) is 2.07. The van der Waals surface area contributed by atoms with Crippen molar-refractivity contribution in [1.29, 1.82) is 0 Å². The Morgan fingerprint density at radius 2 is 2.00 bits per heavy atom. The summed E-state index contributed by atoms with van der Waals surface area (Å²) in [5, 5.41) is 9.80. The maximum absolute atomic E-state index is 9.80. The van der Waals surface area contributed by atoms with Gasteiger partial charge in [0.2, 0.25) is 0 Å². The van der Waals surface area contributed by atoms with Crippen molar-refractivity contribution in [2.45, 2.75) is 25.5 Å². The molecule has 84 valence electrons. The van der Waals surface area contributed by atoms with Gasteiger partial charge in [0, 0.05) is 19.6 Å². The van der Waals surface area contributed by atoms with Crippen LogP contribution in [0.25, 0.3) is 0 Å². The van der Waals surface area contributed by atoms with Gasteiger partial charge >= 0.3 is 0 Å². The summed E-state index contributed by atoms with van der Waals surface area (Å²) < 4.78 is 0. The molecule has 0 aliphatic carbocycles. The minimum atomic E-state index is -0.477. The average Bonchev–Trinajstić information content (AvgIpc) is 2.47. The van der Waals surface area contributed by atoms with Crippen molar-refractivity contribution in [2.24, 2.45) is 0 Å². The van der Waals surface area contributed by atoms with E-state index in [4.69, 9.17) is 0 Å². The Morgan fingerprint density at radius 3 is 2.53 bits per heavy atom. The van der Waals surface area contributed by atoms with Gasteiger partial charge in [0.25, 0.3) is 0 Å². The first-order chi connectivity index (χ1) is 6.66. The standard InChI is InChI=1S/C12H17NO.ClH/c1-12(14)7-8-13(10-12)9-11-5-3-2-4-6-11;/h2-6,14H,7-10H2,1H3;1H. The Morgan fingerprint density at radius 1 is 1.33 bits per heavy atom.